The lowest BCUT2D eigenvalue weighted by Gasteiger charge is -2.15. The van der Waals surface area contributed by atoms with Crippen molar-refractivity contribution >= 4 is 35.0 Å². The zero-order chi connectivity index (χ0) is 17.3. The highest BCUT2D eigenvalue weighted by molar-refractivity contribution is 6.35. The van der Waals surface area contributed by atoms with Crippen molar-refractivity contribution in [3.8, 4) is 0 Å². The van der Waals surface area contributed by atoms with Crippen LogP contribution in [0.3, 0.4) is 0 Å². The molecule has 1 aliphatic rings. The van der Waals surface area contributed by atoms with Crippen LogP contribution in [0.25, 0.3) is 0 Å². The molecule has 5 nitrogen and oxygen atoms in total. The fourth-order valence-corrected chi connectivity index (χ4v) is 3.11. The van der Waals surface area contributed by atoms with E-state index in [-0.39, 0.29) is 5.82 Å². The molecule has 1 aliphatic carbocycles. The second kappa shape index (κ2) is 6.95. The summed E-state index contributed by atoms with van der Waals surface area (Å²) in [5.41, 5.74) is 2.63. The molecule has 0 amide bonds. The molecule has 24 heavy (non-hydrogen) atoms. The summed E-state index contributed by atoms with van der Waals surface area (Å²) in [6.07, 6.45) is 2.57. The van der Waals surface area contributed by atoms with Gasteiger partial charge in [0.05, 0.1) is 5.69 Å². The summed E-state index contributed by atoms with van der Waals surface area (Å²) < 4.78 is 0. The van der Waals surface area contributed by atoms with Gasteiger partial charge < -0.3 is 10.4 Å². The molecule has 0 aliphatic heterocycles. The Morgan fingerprint density at radius 3 is 2.67 bits per heavy atom. The van der Waals surface area contributed by atoms with E-state index in [2.05, 4.69) is 15.3 Å². The van der Waals surface area contributed by atoms with Crippen LogP contribution in [0.1, 0.15) is 53.1 Å². The summed E-state index contributed by atoms with van der Waals surface area (Å²) in [4.78, 5) is 19.8. The van der Waals surface area contributed by atoms with Crippen molar-refractivity contribution < 1.29 is 9.90 Å². The zero-order valence-electron chi connectivity index (χ0n) is 13.1. The number of halogens is 2. The van der Waals surface area contributed by atoms with E-state index in [0.29, 0.717) is 34.7 Å². The number of nitrogens with zero attached hydrogens (tertiary/aromatic N) is 2. The van der Waals surface area contributed by atoms with Gasteiger partial charge in [0.25, 0.3) is 0 Å². The topological polar surface area (TPSA) is 75.1 Å². The Labute approximate surface area is 150 Å². The second-order valence-corrected chi connectivity index (χ2v) is 6.63. The smallest absolute Gasteiger partial charge is 0.374 e. The van der Waals surface area contributed by atoms with Gasteiger partial charge in [-0.1, -0.05) is 29.3 Å². The molecular weight excluding hydrogens is 349 g/mol. The van der Waals surface area contributed by atoms with Crippen molar-refractivity contribution in [3.05, 3.63) is 50.9 Å². The highest BCUT2D eigenvalue weighted by atomic mass is 35.5. The van der Waals surface area contributed by atoms with Gasteiger partial charge in [0.15, 0.2) is 0 Å². The van der Waals surface area contributed by atoms with E-state index in [9.17, 15) is 9.90 Å². The number of nitrogens with one attached hydrogen (secondary N) is 1. The molecule has 1 saturated carbocycles. The zero-order valence-corrected chi connectivity index (χ0v) is 14.7. The number of hydrogen-bond acceptors (Lipinski definition) is 4. The van der Waals surface area contributed by atoms with Crippen LogP contribution in [-0.4, -0.2) is 27.6 Å². The summed E-state index contributed by atoms with van der Waals surface area (Å²) in [7, 11) is 0. The molecule has 7 heteroatoms. The molecule has 0 radical (unpaired) electrons. The Bertz CT molecular complexity index is 792. The number of anilines is 1. The average Bonchev–Trinajstić information content (AvgIpc) is 3.35. The largest absolute Gasteiger partial charge is 0.475 e. The van der Waals surface area contributed by atoms with Crippen LogP contribution in [0.5, 0.6) is 0 Å². The van der Waals surface area contributed by atoms with E-state index < -0.39 is 5.97 Å². The molecule has 2 aromatic rings. The molecule has 0 atom stereocenters. The predicted octanol–water partition coefficient (Wildman–Crippen LogP) is 4.38. The summed E-state index contributed by atoms with van der Waals surface area (Å²) in [5.74, 6) is -0.423. The lowest BCUT2D eigenvalue weighted by Crippen LogP contribution is -2.14. The van der Waals surface area contributed by atoms with Crippen LogP contribution in [-0.2, 0) is 6.42 Å². The first kappa shape index (κ1) is 17.0. The van der Waals surface area contributed by atoms with E-state index in [1.165, 1.54) is 0 Å². The van der Waals surface area contributed by atoms with E-state index in [1.807, 2.05) is 13.0 Å². The number of carbonyl (C=O) groups is 1. The summed E-state index contributed by atoms with van der Waals surface area (Å²) in [5, 5.41) is 13.6. The average molecular weight is 366 g/mol. The Morgan fingerprint density at radius 1 is 1.33 bits per heavy atom. The molecule has 1 aromatic carbocycles. The Balaban J connectivity index is 2.08. The van der Waals surface area contributed by atoms with E-state index in [1.54, 1.807) is 12.1 Å². The fourth-order valence-electron chi connectivity index (χ4n) is 2.63. The van der Waals surface area contributed by atoms with Crippen LogP contribution < -0.4 is 5.32 Å². The molecule has 0 spiro atoms. The Kier molecular flexibility index (Phi) is 4.92. The van der Waals surface area contributed by atoms with E-state index in [4.69, 9.17) is 23.2 Å². The molecular formula is C17H17Cl2N3O2. The van der Waals surface area contributed by atoms with Gasteiger partial charge >= 0.3 is 5.97 Å². The van der Waals surface area contributed by atoms with Crippen LogP contribution in [0, 0.1) is 0 Å². The molecule has 0 unspecified atom stereocenters. The standard InChI is InChI=1S/C17H17Cl2N3O2/c1-2-20-15-12(7-10-5-6-11(18)8-13(10)19)14(9-3-4-9)21-16(22-15)17(23)24/h5-6,8-9H,2-4,7H2,1H3,(H,23,24)(H,20,21,22). The van der Waals surface area contributed by atoms with Crippen molar-refractivity contribution in [2.24, 2.45) is 0 Å². The predicted molar refractivity (Wildman–Crippen MR) is 94.4 cm³/mol. The van der Waals surface area contributed by atoms with Gasteiger partial charge in [-0.2, -0.15) is 0 Å². The van der Waals surface area contributed by atoms with Gasteiger partial charge in [0.2, 0.25) is 5.82 Å². The molecule has 1 fully saturated rings. The molecule has 2 N–H and O–H groups in total. The SMILES string of the molecule is CCNc1nc(C(=O)O)nc(C2CC2)c1Cc1ccc(Cl)cc1Cl. The maximum atomic E-state index is 11.3. The fraction of sp³-hybridized carbons (Fsp3) is 0.353. The van der Waals surface area contributed by atoms with Gasteiger partial charge in [0, 0.05) is 34.5 Å². The number of aromatic carboxylic acids is 1. The third-order valence-electron chi connectivity index (χ3n) is 3.92. The van der Waals surface area contributed by atoms with Crippen LogP contribution >= 0.6 is 23.2 Å². The van der Waals surface area contributed by atoms with Crippen molar-refractivity contribution in [1.82, 2.24) is 9.97 Å². The van der Waals surface area contributed by atoms with Gasteiger partial charge in [-0.3, -0.25) is 0 Å². The number of hydrogen-bond donors (Lipinski definition) is 2. The number of carboxylic acid groups (broad SMARTS) is 1. The number of aromatic nitrogens is 2. The van der Waals surface area contributed by atoms with Gasteiger partial charge in [-0.15, -0.1) is 0 Å². The lowest BCUT2D eigenvalue weighted by atomic mass is 10.0. The normalized spacial score (nSPS) is 13.8. The van der Waals surface area contributed by atoms with Crippen molar-refractivity contribution in [2.45, 2.75) is 32.1 Å². The molecule has 1 aromatic heterocycles. The lowest BCUT2D eigenvalue weighted by molar-refractivity contribution is 0.0683. The second-order valence-electron chi connectivity index (χ2n) is 5.78. The molecule has 0 saturated heterocycles. The number of benzene rings is 1. The maximum absolute atomic E-state index is 11.3. The molecule has 0 bridgehead atoms. The third-order valence-corrected chi connectivity index (χ3v) is 4.51. The highest BCUT2D eigenvalue weighted by Crippen LogP contribution is 2.43. The van der Waals surface area contributed by atoms with Gasteiger partial charge in [-0.25, -0.2) is 14.8 Å². The van der Waals surface area contributed by atoms with Crippen LogP contribution in [0.2, 0.25) is 10.0 Å². The van der Waals surface area contributed by atoms with Gasteiger partial charge in [0.1, 0.15) is 5.82 Å². The molecule has 126 valence electrons. The summed E-state index contributed by atoms with van der Waals surface area (Å²) in [6.45, 7) is 2.58. The van der Waals surface area contributed by atoms with Crippen molar-refractivity contribution in [1.29, 1.82) is 0 Å². The first-order chi connectivity index (χ1) is 11.5. The Hall–Kier alpha value is -1.85. The van der Waals surface area contributed by atoms with Gasteiger partial charge in [-0.05, 0) is 37.5 Å². The minimum Gasteiger partial charge on any atom is -0.475 e. The summed E-state index contributed by atoms with van der Waals surface area (Å²) in [6, 6.07) is 5.37. The minimum absolute atomic E-state index is 0.168. The monoisotopic (exact) mass is 365 g/mol. The maximum Gasteiger partial charge on any atom is 0.374 e. The quantitative estimate of drug-likeness (QED) is 0.794. The highest BCUT2D eigenvalue weighted by Gasteiger charge is 2.31. The summed E-state index contributed by atoms with van der Waals surface area (Å²) >= 11 is 12.3. The van der Waals surface area contributed by atoms with E-state index in [0.717, 1.165) is 29.7 Å². The Morgan fingerprint density at radius 2 is 2.08 bits per heavy atom. The number of carboxylic acids is 1. The minimum atomic E-state index is -1.12. The van der Waals surface area contributed by atoms with Crippen LogP contribution in [0.15, 0.2) is 18.2 Å². The molecule has 1 heterocycles. The third kappa shape index (κ3) is 3.62. The number of rotatable bonds is 6. The first-order valence-electron chi connectivity index (χ1n) is 7.81. The van der Waals surface area contributed by atoms with Crippen molar-refractivity contribution in [3.63, 3.8) is 0 Å². The first-order valence-corrected chi connectivity index (χ1v) is 8.57. The van der Waals surface area contributed by atoms with Crippen molar-refractivity contribution in [2.75, 3.05) is 11.9 Å². The molecule has 3 rings (SSSR count). The van der Waals surface area contributed by atoms with E-state index >= 15 is 0 Å². The van der Waals surface area contributed by atoms with Crippen LogP contribution in [0.4, 0.5) is 5.82 Å².